The maximum atomic E-state index is 12.1. The molecule has 0 bridgehead atoms. The number of benzene rings is 1. The Morgan fingerprint density at radius 2 is 2.22 bits per heavy atom. The van der Waals surface area contributed by atoms with E-state index in [1.165, 1.54) is 0 Å². The van der Waals surface area contributed by atoms with Crippen LogP contribution in [-0.4, -0.2) is 24.4 Å². The molecule has 0 aliphatic heterocycles. The first-order valence-electron chi connectivity index (χ1n) is 5.79. The van der Waals surface area contributed by atoms with Gasteiger partial charge in [-0.05, 0) is 38.0 Å². The largest absolute Gasteiger partial charge is 0.496 e. The first-order valence-corrected chi connectivity index (χ1v) is 7.70. The quantitative estimate of drug-likeness (QED) is 0.765. The molecular formula is C13H17Br2NO2. The number of rotatable bonds is 6. The fourth-order valence-corrected chi connectivity index (χ4v) is 2.27. The Morgan fingerprint density at radius 1 is 1.50 bits per heavy atom. The topological polar surface area (TPSA) is 38.3 Å². The summed E-state index contributed by atoms with van der Waals surface area (Å²) in [5.74, 6) is 0.482. The Hall–Kier alpha value is -0.550. The van der Waals surface area contributed by atoms with Crippen molar-refractivity contribution < 1.29 is 9.53 Å². The third-order valence-corrected chi connectivity index (χ3v) is 3.61. The zero-order chi connectivity index (χ0) is 13.5. The molecule has 100 valence electrons. The number of amides is 1. The van der Waals surface area contributed by atoms with Crippen LogP contribution in [0.3, 0.4) is 0 Å². The highest BCUT2D eigenvalue weighted by Gasteiger charge is 2.14. The van der Waals surface area contributed by atoms with E-state index in [0.717, 1.165) is 22.6 Å². The molecule has 0 fully saturated rings. The van der Waals surface area contributed by atoms with Gasteiger partial charge in [-0.1, -0.05) is 31.9 Å². The number of hydrogen-bond donors (Lipinski definition) is 1. The number of methoxy groups -OCH3 is 1. The van der Waals surface area contributed by atoms with Crippen molar-refractivity contribution in [2.75, 3.05) is 12.4 Å². The molecular weight excluding hydrogens is 362 g/mol. The molecule has 0 spiro atoms. The lowest BCUT2D eigenvalue weighted by molar-refractivity contribution is 0.0935. The van der Waals surface area contributed by atoms with Gasteiger partial charge in [0, 0.05) is 15.8 Å². The fourth-order valence-electron chi connectivity index (χ4n) is 1.61. The highest BCUT2D eigenvalue weighted by Crippen LogP contribution is 2.23. The maximum Gasteiger partial charge on any atom is 0.255 e. The van der Waals surface area contributed by atoms with Crippen LogP contribution < -0.4 is 10.1 Å². The number of alkyl halides is 1. The average Bonchev–Trinajstić information content (AvgIpc) is 2.35. The summed E-state index contributed by atoms with van der Waals surface area (Å²) in [5, 5.41) is 3.92. The summed E-state index contributed by atoms with van der Waals surface area (Å²) in [6.45, 7) is 2.01. The molecule has 1 aromatic carbocycles. The molecule has 1 atom stereocenters. The molecule has 0 saturated carbocycles. The lowest BCUT2D eigenvalue weighted by Gasteiger charge is -2.15. The van der Waals surface area contributed by atoms with Gasteiger partial charge in [0.05, 0.1) is 12.7 Å². The summed E-state index contributed by atoms with van der Waals surface area (Å²) in [4.78, 5) is 12.1. The van der Waals surface area contributed by atoms with Gasteiger partial charge in [0.1, 0.15) is 5.75 Å². The lowest BCUT2D eigenvalue weighted by Crippen LogP contribution is -2.32. The Labute approximate surface area is 125 Å². The van der Waals surface area contributed by atoms with E-state index in [2.05, 4.69) is 37.2 Å². The molecule has 1 N–H and O–H groups in total. The summed E-state index contributed by atoms with van der Waals surface area (Å²) >= 11 is 6.74. The van der Waals surface area contributed by atoms with E-state index < -0.39 is 0 Å². The zero-order valence-corrected chi connectivity index (χ0v) is 13.7. The smallest absolute Gasteiger partial charge is 0.255 e. The monoisotopic (exact) mass is 377 g/mol. The molecule has 0 heterocycles. The van der Waals surface area contributed by atoms with E-state index in [-0.39, 0.29) is 11.9 Å². The highest BCUT2D eigenvalue weighted by molar-refractivity contribution is 9.10. The first kappa shape index (κ1) is 15.5. The summed E-state index contributed by atoms with van der Waals surface area (Å²) in [7, 11) is 1.56. The third-order valence-electron chi connectivity index (χ3n) is 2.56. The van der Waals surface area contributed by atoms with Crippen LogP contribution in [0.25, 0.3) is 0 Å². The van der Waals surface area contributed by atoms with E-state index in [9.17, 15) is 4.79 Å². The van der Waals surface area contributed by atoms with Crippen LogP contribution in [0.4, 0.5) is 0 Å². The second kappa shape index (κ2) is 7.79. The number of halogens is 2. The van der Waals surface area contributed by atoms with Gasteiger partial charge in [-0.2, -0.15) is 0 Å². The predicted octanol–water partition coefficient (Wildman–Crippen LogP) is 3.75. The van der Waals surface area contributed by atoms with Crippen LogP contribution in [-0.2, 0) is 0 Å². The average molecular weight is 379 g/mol. The molecule has 0 aliphatic carbocycles. The second-order valence-electron chi connectivity index (χ2n) is 4.05. The Bertz CT molecular complexity index is 410. The van der Waals surface area contributed by atoms with Crippen LogP contribution in [0.1, 0.15) is 30.1 Å². The standard InChI is InChI=1S/C13H17Br2NO2/c1-9(4-3-7-14)16-13(17)11-6-5-10(15)8-12(11)18-2/h5-6,8-9H,3-4,7H2,1-2H3,(H,16,17). The molecule has 1 amide bonds. The van der Waals surface area contributed by atoms with Gasteiger partial charge < -0.3 is 10.1 Å². The van der Waals surface area contributed by atoms with Crippen molar-refractivity contribution >= 4 is 37.8 Å². The molecule has 1 aromatic rings. The molecule has 3 nitrogen and oxygen atoms in total. The molecule has 0 aliphatic rings. The van der Waals surface area contributed by atoms with Crippen molar-refractivity contribution in [3.63, 3.8) is 0 Å². The number of hydrogen-bond acceptors (Lipinski definition) is 2. The van der Waals surface area contributed by atoms with E-state index in [1.807, 2.05) is 13.0 Å². The maximum absolute atomic E-state index is 12.1. The van der Waals surface area contributed by atoms with E-state index in [4.69, 9.17) is 4.74 Å². The lowest BCUT2D eigenvalue weighted by atomic mass is 10.1. The summed E-state index contributed by atoms with van der Waals surface area (Å²) in [6, 6.07) is 5.54. The van der Waals surface area contributed by atoms with Crippen molar-refractivity contribution in [2.45, 2.75) is 25.8 Å². The number of carbonyl (C=O) groups is 1. The predicted molar refractivity (Wildman–Crippen MR) is 80.7 cm³/mol. The fraction of sp³-hybridized carbons (Fsp3) is 0.462. The molecule has 1 unspecified atom stereocenters. The van der Waals surface area contributed by atoms with E-state index >= 15 is 0 Å². The van der Waals surface area contributed by atoms with Gasteiger partial charge in [-0.25, -0.2) is 0 Å². The van der Waals surface area contributed by atoms with Gasteiger partial charge in [-0.15, -0.1) is 0 Å². The Balaban J connectivity index is 2.72. The Kier molecular flexibility index (Phi) is 6.71. The van der Waals surface area contributed by atoms with Crippen LogP contribution in [0.2, 0.25) is 0 Å². The molecule has 0 saturated heterocycles. The third kappa shape index (κ3) is 4.61. The normalized spacial score (nSPS) is 12.0. The zero-order valence-electron chi connectivity index (χ0n) is 10.5. The van der Waals surface area contributed by atoms with Gasteiger partial charge in [0.2, 0.25) is 0 Å². The Morgan fingerprint density at radius 3 is 2.83 bits per heavy atom. The van der Waals surface area contributed by atoms with Crippen molar-refractivity contribution in [3.8, 4) is 5.75 Å². The van der Waals surface area contributed by atoms with Crippen molar-refractivity contribution in [1.82, 2.24) is 5.32 Å². The van der Waals surface area contributed by atoms with Crippen LogP contribution in [0.5, 0.6) is 5.75 Å². The number of nitrogens with one attached hydrogen (secondary N) is 1. The molecule has 1 rings (SSSR count). The number of carbonyl (C=O) groups excluding carboxylic acids is 1. The minimum absolute atomic E-state index is 0.0959. The first-order chi connectivity index (χ1) is 8.58. The van der Waals surface area contributed by atoms with Crippen LogP contribution in [0.15, 0.2) is 22.7 Å². The molecule has 18 heavy (non-hydrogen) atoms. The van der Waals surface area contributed by atoms with Crippen LogP contribution >= 0.6 is 31.9 Å². The SMILES string of the molecule is COc1cc(Br)ccc1C(=O)NC(C)CCCBr. The molecule has 0 radical (unpaired) electrons. The van der Waals surface area contributed by atoms with Gasteiger partial charge in [-0.3, -0.25) is 4.79 Å². The summed E-state index contributed by atoms with van der Waals surface area (Å²) in [6.07, 6.45) is 1.99. The minimum Gasteiger partial charge on any atom is -0.496 e. The number of ether oxygens (including phenoxy) is 1. The minimum atomic E-state index is -0.0959. The summed E-state index contributed by atoms with van der Waals surface area (Å²) < 4.78 is 6.10. The van der Waals surface area contributed by atoms with Gasteiger partial charge in [0.15, 0.2) is 0 Å². The van der Waals surface area contributed by atoms with Gasteiger partial charge >= 0.3 is 0 Å². The van der Waals surface area contributed by atoms with Crippen LogP contribution in [0, 0.1) is 0 Å². The van der Waals surface area contributed by atoms with E-state index in [1.54, 1.807) is 19.2 Å². The molecule has 5 heteroatoms. The highest BCUT2D eigenvalue weighted by atomic mass is 79.9. The van der Waals surface area contributed by atoms with Crippen molar-refractivity contribution in [2.24, 2.45) is 0 Å². The van der Waals surface area contributed by atoms with E-state index in [0.29, 0.717) is 11.3 Å². The van der Waals surface area contributed by atoms with Crippen molar-refractivity contribution in [3.05, 3.63) is 28.2 Å². The van der Waals surface area contributed by atoms with Crippen molar-refractivity contribution in [1.29, 1.82) is 0 Å². The second-order valence-corrected chi connectivity index (χ2v) is 5.76. The summed E-state index contributed by atoms with van der Waals surface area (Å²) in [5.41, 5.74) is 0.561. The molecule has 0 aromatic heterocycles. The van der Waals surface area contributed by atoms with Gasteiger partial charge in [0.25, 0.3) is 5.91 Å².